The van der Waals surface area contributed by atoms with Gasteiger partial charge in [0.2, 0.25) is 0 Å². The van der Waals surface area contributed by atoms with Crippen molar-refractivity contribution in [3.05, 3.63) is 0 Å². The van der Waals surface area contributed by atoms with Crippen LogP contribution in [0.15, 0.2) is 0 Å². The number of unbranched alkanes of at least 4 members (excludes halogenated alkanes) is 1. The average Bonchev–Trinajstić information content (AvgIpc) is 2.45. The quantitative estimate of drug-likeness (QED) is 0.633. The highest BCUT2D eigenvalue weighted by Gasteiger charge is 2.41. The Kier molecular flexibility index (Phi) is 4.81. The molecule has 2 N–H and O–H groups in total. The van der Waals surface area contributed by atoms with Crippen molar-refractivity contribution in [2.75, 3.05) is 13.2 Å². The van der Waals surface area contributed by atoms with Gasteiger partial charge in [0, 0.05) is 6.61 Å². The summed E-state index contributed by atoms with van der Waals surface area (Å²) in [6, 6.07) is 0. The third-order valence-electron chi connectivity index (χ3n) is 2.56. The fourth-order valence-corrected chi connectivity index (χ4v) is 1.64. The van der Waals surface area contributed by atoms with Crippen LogP contribution in [0.3, 0.4) is 0 Å². The molecule has 0 unspecified atom stereocenters. The Morgan fingerprint density at radius 2 is 2.14 bits per heavy atom. The fraction of sp³-hybridized carbons (Fsp3) is 1.00. The van der Waals surface area contributed by atoms with Crippen LogP contribution in [0.1, 0.15) is 26.7 Å². The molecule has 1 rings (SSSR count). The Morgan fingerprint density at radius 3 is 2.71 bits per heavy atom. The van der Waals surface area contributed by atoms with Gasteiger partial charge in [-0.2, -0.15) is 0 Å². The monoisotopic (exact) mass is 204 g/mol. The summed E-state index contributed by atoms with van der Waals surface area (Å²) >= 11 is 0. The number of rotatable bonds is 5. The second-order valence-electron chi connectivity index (χ2n) is 3.74. The zero-order valence-corrected chi connectivity index (χ0v) is 8.85. The Labute approximate surface area is 84.8 Å². The molecule has 0 saturated carbocycles. The number of hydrogen-bond acceptors (Lipinski definition) is 4. The highest BCUT2D eigenvalue weighted by molar-refractivity contribution is 4.89. The summed E-state index contributed by atoms with van der Waals surface area (Å²) < 4.78 is 10.8. The largest absolute Gasteiger partial charge is 0.394 e. The Bertz CT molecular complexity index is 162. The third-order valence-corrected chi connectivity index (χ3v) is 2.56. The smallest absolute Gasteiger partial charge is 0.114 e. The van der Waals surface area contributed by atoms with E-state index in [0.717, 1.165) is 12.8 Å². The molecule has 4 nitrogen and oxygen atoms in total. The van der Waals surface area contributed by atoms with Crippen molar-refractivity contribution >= 4 is 0 Å². The zero-order valence-electron chi connectivity index (χ0n) is 8.85. The van der Waals surface area contributed by atoms with Gasteiger partial charge < -0.3 is 19.7 Å². The van der Waals surface area contributed by atoms with Crippen molar-refractivity contribution in [1.82, 2.24) is 0 Å². The van der Waals surface area contributed by atoms with E-state index in [0.29, 0.717) is 6.61 Å². The van der Waals surface area contributed by atoms with Gasteiger partial charge in [0.15, 0.2) is 0 Å². The van der Waals surface area contributed by atoms with E-state index in [2.05, 4.69) is 6.92 Å². The van der Waals surface area contributed by atoms with Gasteiger partial charge in [0.05, 0.1) is 12.7 Å². The van der Waals surface area contributed by atoms with Gasteiger partial charge >= 0.3 is 0 Å². The second-order valence-corrected chi connectivity index (χ2v) is 3.74. The van der Waals surface area contributed by atoms with Crippen LogP contribution in [-0.2, 0) is 9.47 Å². The first-order valence-corrected chi connectivity index (χ1v) is 5.26. The Balaban J connectivity index is 2.38. The van der Waals surface area contributed by atoms with Crippen LogP contribution in [-0.4, -0.2) is 47.8 Å². The number of aliphatic hydroxyl groups excluding tert-OH is 2. The maximum atomic E-state index is 9.70. The molecule has 0 aromatic rings. The summed E-state index contributed by atoms with van der Waals surface area (Å²) in [5, 5.41) is 18.7. The molecule has 0 amide bonds. The lowest BCUT2D eigenvalue weighted by atomic mass is 10.1. The summed E-state index contributed by atoms with van der Waals surface area (Å²) in [7, 11) is 0. The van der Waals surface area contributed by atoms with Crippen LogP contribution >= 0.6 is 0 Å². The second kappa shape index (κ2) is 5.66. The van der Waals surface area contributed by atoms with Gasteiger partial charge in [-0.25, -0.2) is 0 Å². The van der Waals surface area contributed by atoms with Crippen molar-refractivity contribution in [1.29, 1.82) is 0 Å². The van der Waals surface area contributed by atoms with E-state index >= 15 is 0 Å². The lowest BCUT2D eigenvalue weighted by molar-refractivity contribution is -0.0546. The van der Waals surface area contributed by atoms with E-state index in [1.807, 2.05) is 0 Å². The molecule has 1 fully saturated rings. The Morgan fingerprint density at radius 1 is 1.43 bits per heavy atom. The zero-order chi connectivity index (χ0) is 10.6. The molecule has 1 saturated heterocycles. The molecule has 84 valence electrons. The van der Waals surface area contributed by atoms with Gasteiger partial charge in [0.25, 0.3) is 0 Å². The molecule has 0 aromatic heterocycles. The van der Waals surface area contributed by atoms with Crippen molar-refractivity contribution in [2.24, 2.45) is 0 Å². The standard InChI is InChI=1S/C10H20O4/c1-3-4-5-13-10-8(6-11)14-7(2)9(10)12/h7-12H,3-6H2,1-2H3/t7-,8-,9+,10+/m1/s1. The summed E-state index contributed by atoms with van der Waals surface area (Å²) in [5.74, 6) is 0. The number of ether oxygens (including phenoxy) is 2. The lowest BCUT2D eigenvalue weighted by Crippen LogP contribution is -2.36. The summed E-state index contributed by atoms with van der Waals surface area (Å²) in [5.41, 5.74) is 0. The molecule has 4 atom stereocenters. The molecule has 14 heavy (non-hydrogen) atoms. The summed E-state index contributed by atoms with van der Waals surface area (Å²) in [6.07, 6.45) is 0.403. The maximum Gasteiger partial charge on any atom is 0.114 e. The summed E-state index contributed by atoms with van der Waals surface area (Å²) in [4.78, 5) is 0. The van der Waals surface area contributed by atoms with Gasteiger partial charge in [-0.05, 0) is 13.3 Å². The predicted octanol–water partition coefficient (Wildman–Crippen LogP) is 0.312. The van der Waals surface area contributed by atoms with Gasteiger partial charge in [-0.15, -0.1) is 0 Å². The highest BCUT2D eigenvalue weighted by atomic mass is 16.6. The van der Waals surface area contributed by atoms with E-state index in [9.17, 15) is 5.11 Å². The number of hydrogen-bond donors (Lipinski definition) is 2. The van der Waals surface area contributed by atoms with Crippen LogP contribution in [0.4, 0.5) is 0 Å². The molecule has 0 bridgehead atoms. The molecular weight excluding hydrogens is 184 g/mol. The Hall–Kier alpha value is -0.160. The van der Waals surface area contributed by atoms with Gasteiger partial charge in [0.1, 0.15) is 18.3 Å². The lowest BCUT2D eigenvalue weighted by Gasteiger charge is -2.19. The fourth-order valence-electron chi connectivity index (χ4n) is 1.64. The van der Waals surface area contributed by atoms with Crippen molar-refractivity contribution < 1.29 is 19.7 Å². The van der Waals surface area contributed by atoms with E-state index in [1.54, 1.807) is 6.92 Å². The SMILES string of the molecule is CCCCO[C@@H]1[C@@H](O)[C@@H](C)O[C@@H]1CO. The molecule has 1 aliphatic rings. The normalized spacial score (nSPS) is 37.7. The van der Waals surface area contributed by atoms with Crippen LogP contribution in [0.5, 0.6) is 0 Å². The van der Waals surface area contributed by atoms with Crippen molar-refractivity contribution in [3.8, 4) is 0 Å². The molecule has 1 heterocycles. The first-order chi connectivity index (χ1) is 6.70. The molecule has 0 spiro atoms. The first-order valence-electron chi connectivity index (χ1n) is 5.26. The molecule has 0 radical (unpaired) electrons. The van der Waals surface area contributed by atoms with E-state index in [1.165, 1.54) is 0 Å². The number of aliphatic hydroxyl groups is 2. The van der Waals surface area contributed by atoms with Crippen LogP contribution in [0.25, 0.3) is 0 Å². The first kappa shape index (κ1) is 11.9. The minimum Gasteiger partial charge on any atom is -0.394 e. The average molecular weight is 204 g/mol. The van der Waals surface area contributed by atoms with Crippen LogP contribution in [0, 0.1) is 0 Å². The van der Waals surface area contributed by atoms with Crippen molar-refractivity contribution in [3.63, 3.8) is 0 Å². The third kappa shape index (κ3) is 2.67. The summed E-state index contributed by atoms with van der Waals surface area (Å²) in [6.45, 7) is 4.39. The molecule has 0 aliphatic carbocycles. The van der Waals surface area contributed by atoms with E-state index in [4.69, 9.17) is 14.6 Å². The minimum atomic E-state index is -0.621. The maximum absolute atomic E-state index is 9.70. The highest BCUT2D eigenvalue weighted by Crippen LogP contribution is 2.23. The van der Waals surface area contributed by atoms with E-state index in [-0.39, 0.29) is 24.9 Å². The van der Waals surface area contributed by atoms with E-state index < -0.39 is 6.10 Å². The van der Waals surface area contributed by atoms with Crippen LogP contribution in [0.2, 0.25) is 0 Å². The topological polar surface area (TPSA) is 58.9 Å². The van der Waals surface area contributed by atoms with Crippen LogP contribution < -0.4 is 0 Å². The van der Waals surface area contributed by atoms with Gasteiger partial charge in [-0.3, -0.25) is 0 Å². The molecular formula is C10H20O4. The van der Waals surface area contributed by atoms with Crippen molar-refractivity contribution in [2.45, 2.75) is 51.1 Å². The molecule has 1 aliphatic heterocycles. The molecule has 4 heteroatoms. The van der Waals surface area contributed by atoms with Gasteiger partial charge in [-0.1, -0.05) is 13.3 Å². The predicted molar refractivity (Wildman–Crippen MR) is 52.1 cm³/mol. The minimum absolute atomic E-state index is 0.0990. The molecule has 0 aromatic carbocycles.